The summed E-state index contributed by atoms with van der Waals surface area (Å²) in [4.78, 5) is 19.6. The number of rotatable bonds is 6. The topological polar surface area (TPSA) is 63.6 Å². The summed E-state index contributed by atoms with van der Waals surface area (Å²) in [5, 5.41) is 8.14. The molecule has 0 aromatic heterocycles. The van der Waals surface area contributed by atoms with Gasteiger partial charge in [-0.15, -0.1) is 0 Å². The van der Waals surface area contributed by atoms with Gasteiger partial charge >= 0.3 is 5.97 Å². The predicted octanol–water partition coefficient (Wildman–Crippen LogP) is 0.0667. The van der Waals surface area contributed by atoms with E-state index < -0.39 is 5.97 Å². The monoisotopic (exact) mass is 146 g/mol. The van der Waals surface area contributed by atoms with Crippen molar-refractivity contribution in [1.82, 2.24) is 0 Å². The molecule has 0 saturated heterocycles. The molecule has 0 atom stereocenters. The largest absolute Gasteiger partial charge is 0.481 e. The quantitative estimate of drug-likeness (QED) is 0.425. The highest BCUT2D eigenvalue weighted by molar-refractivity contribution is 5.66. The predicted molar refractivity (Wildman–Crippen MR) is 33.8 cm³/mol. The second-order valence-electron chi connectivity index (χ2n) is 1.74. The Kier molecular flexibility index (Phi) is 5.66. The van der Waals surface area contributed by atoms with Gasteiger partial charge in [-0.3, -0.25) is 4.79 Å². The molecule has 0 aliphatic carbocycles. The molecule has 1 N–H and O–H groups in total. The molecule has 0 amide bonds. The zero-order chi connectivity index (χ0) is 7.82. The molecular formula is C6H10O4. The molecule has 58 valence electrons. The minimum Gasteiger partial charge on any atom is -0.481 e. The molecule has 4 heteroatoms. The molecule has 0 rings (SSSR count). The maximum atomic E-state index is 9.91. The van der Waals surface area contributed by atoms with E-state index in [1.165, 1.54) is 0 Å². The van der Waals surface area contributed by atoms with Gasteiger partial charge in [-0.1, -0.05) is 0 Å². The van der Waals surface area contributed by atoms with Gasteiger partial charge in [0.1, 0.15) is 12.9 Å². The second kappa shape index (κ2) is 6.22. The molecule has 0 aliphatic heterocycles. The minimum absolute atomic E-state index is 0.0552. The lowest BCUT2D eigenvalue weighted by Crippen LogP contribution is -2.01. The number of carbonyl (C=O) groups excluding carboxylic acids is 1. The first-order valence-corrected chi connectivity index (χ1v) is 3.00. The van der Waals surface area contributed by atoms with Crippen LogP contribution >= 0.6 is 0 Å². The van der Waals surface area contributed by atoms with Crippen LogP contribution in [0.15, 0.2) is 0 Å². The van der Waals surface area contributed by atoms with Gasteiger partial charge in [0.15, 0.2) is 0 Å². The molecular weight excluding hydrogens is 136 g/mol. The Morgan fingerprint density at radius 2 is 2.30 bits per heavy atom. The molecule has 0 spiro atoms. The van der Waals surface area contributed by atoms with Crippen molar-refractivity contribution in [2.75, 3.05) is 13.2 Å². The SMILES string of the molecule is O=CCOCCCC(=O)O. The Morgan fingerprint density at radius 3 is 2.80 bits per heavy atom. The van der Waals surface area contributed by atoms with E-state index in [1.807, 2.05) is 0 Å². The van der Waals surface area contributed by atoms with Crippen molar-refractivity contribution in [2.45, 2.75) is 12.8 Å². The third-order valence-electron chi connectivity index (χ3n) is 0.865. The molecule has 0 bridgehead atoms. The van der Waals surface area contributed by atoms with E-state index in [4.69, 9.17) is 9.84 Å². The summed E-state index contributed by atoms with van der Waals surface area (Å²) in [7, 11) is 0. The van der Waals surface area contributed by atoms with Gasteiger partial charge in [0.25, 0.3) is 0 Å². The maximum Gasteiger partial charge on any atom is 0.303 e. The van der Waals surface area contributed by atoms with Gasteiger partial charge in [-0.25, -0.2) is 0 Å². The Balaban J connectivity index is 2.90. The van der Waals surface area contributed by atoms with E-state index >= 15 is 0 Å². The summed E-state index contributed by atoms with van der Waals surface area (Å²) < 4.78 is 4.70. The molecule has 0 aromatic rings. The van der Waals surface area contributed by atoms with Crippen LogP contribution in [-0.4, -0.2) is 30.6 Å². The molecule has 4 nitrogen and oxygen atoms in total. The van der Waals surface area contributed by atoms with Crippen molar-refractivity contribution in [3.8, 4) is 0 Å². The standard InChI is InChI=1S/C6H10O4/c7-3-5-10-4-1-2-6(8)9/h3H,1-2,4-5H2,(H,8,9). The summed E-state index contributed by atoms with van der Waals surface area (Å²) >= 11 is 0. The van der Waals surface area contributed by atoms with Gasteiger partial charge in [-0.05, 0) is 6.42 Å². The highest BCUT2D eigenvalue weighted by atomic mass is 16.5. The molecule has 10 heavy (non-hydrogen) atoms. The number of carboxylic acid groups (broad SMARTS) is 1. The van der Waals surface area contributed by atoms with Crippen LogP contribution < -0.4 is 0 Å². The fraction of sp³-hybridized carbons (Fsp3) is 0.667. The lowest BCUT2D eigenvalue weighted by Gasteiger charge is -1.95. The van der Waals surface area contributed by atoms with Gasteiger partial charge in [-0.2, -0.15) is 0 Å². The number of carbonyl (C=O) groups is 2. The Hall–Kier alpha value is -0.900. The van der Waals surface area contributed by atoms with Crippen molar-refractivity contribution < 1.29 is 19.4 Å². The summed E-state index contributed by atoms with van der Waals surface area (Å²) in [6.07, 6.45) is 1.20. The van der Waals surface area contributed by atoms with Crippen LogP contribution in [0.3, 0.4) is 0 Å². The highest BCUT2D eigenvalue weighted by Gasteiger charge is 1.94. The van der Waals surface area contributed by atoms with E-state index in [0.29, 0.717) is 19.3 Å². The molecule has 0 aromatic carbocycles. The lowest BCUT2D eigenvalue weighted by atomic mass is 10.3. The van der Waals surface area contributed by atoms with Crippen molar-refractivity contribution in [3.05, 3.63) is 0 Å². The van der Waals surface area contributed by atoms with Crippen molar-refractivity contribution in [1.29, 1.82) is 0 Å². The average Bonchev–Trinajstić information content (AvgIpc) is 1.87. The fourth-order valence-electron chi connectivity index (χ4n) is 0.457. The highest BCUT2D eigenvalue weighted by Crippen LogP contribution is 1.88. The van der Waals surface area contributed by atoms with Crippen molar-refractivity contribution in [2.24, 2.45) is 0 Å². The fourth-order valence-corrected chi connectivity index (χ4v) is 0.457. The van der Waals surface area contributed by atoms with Gasteiger partial charge in [0.05, 0.1) is 0 Å². The van der Waals surface area contributed by atoms with Crippen LogP contribution in [0, 0.1) is 0 Å². The number of aliphatic carboxylic acids is 1. The summed E-state index contributed by atoms with van der Waals surface area (Å²) in [6.45, 7) is 0.394. The molecule has 0 radical (unpaired) electrons. The first-order chi connectivity index (χ1) is 4.77. The Labute approximate surface area is 58.8 Å². The van der Waals surface area contributed by atoms with Crippen molar-refractivity contribution in [3.63, 3.8) is 0 Å². The number of hydrogen-bond acceptors (Lipinski definition) is 3. The van der Waals surface area contributed by atoms with Crippen molar-refractivity contribution >= 4 is 12.3 Å². The maximum absolute atomic E-state index is 9.91. The van der Waals surface area contributed by atoms with Gasteiger partial charge < -0.3 is 14.6 Å². The van der Waals surface area contributed by atoms with Crippen LogP contribution in [0.25, 0.3) is 0 Å². The first-order valence-electron chi connectivity index (χ1n) is 3.00. The third-order valence-corrected chi connectivity index (χ3v) is 0.865. The number of aldehydes is 1. The van der Waals surface area contributed by atoms with Crippen LogP contribution in [-0.2, 0) is 14.3 Å². The normalized spacial score (nSPS) is 9.20. The summed E-state index contributed by atoms with van der Waals surface area (Å²) in [5.74, 6) is -0.838. The zero-order valence-electron chi connectivity index (χ0n) is 5.58. The second-order valence-corrected chi connectivity index (χ2v) is 1.74. The number of ether oxygens (including phenoxy) is 1. The molecule has 0 saturated carbocycles. The summed E-state index contributed by atoms with van der Waals surface area (Å²) in [5.41, 5.74) is 0. The van der Waals surface area contributed by atoms with E-state index in [-0.39, 0.29) is 13.0 Å². The number of hydrogen-bond donors (Lipinski definition) is 1. The first kappa shape index (κ1) is 9.10. The lowest BCUT2D eigenvalue weighted by molar-refractivity contribution is -0.137. The molecule has 0 aliphatic rings. The van der Waals surface area contributed by atoms with Crippen LogP contribution in [0.4, 0.5) is 0 Å². The Bertz CT molecular complexity index is 110. The van der Waals surface area contributed by atoms with E-state index in [1.54, 1.807) is 0 Å². The van der Waals surface area contributed by atoms with Gasteiger partial charge in [0.2, 0.25) is 0 Å². The van der Waals surface area contributed by atoms with E-state index in [9.17, 15) is 9.59 Å². The van der Waals surface area contributed by atoms with Crippen LogP contribution in [0.1, 0.15) is 12.8 Å². The van der Waals surface area contributed by atoms with Crippen LogP contribution in [0.2, 0.25) is 0 Å². The minimum atomic E-state index is -0.838. The third kappa shape index (κ3) is 7.10. The zero-order valence-corrected chi connectivity index (χ0v) is 5.58. The summed E-state index contributed by atoms with van der Waals surface area (Å²) in [6, 6.07) is 0. The molecule has 0 fully saturated rings. The van der Waals surface area contributed by atoms with Gasteiger partial charge in [0, 0.05) is 13.0 Å². The number of carboxylic acids is 1. The average molecular weight is 146 g/mol. The van der Waals surface area contributed by atoms with E-state index in [0.717, 1.165) is 0 Å². The Morgan fingerprint density at radius 1 is 1.60 bits per heavy atom. The van der Waals surface area contributed by atoms with E-state index in [2.05, 4.69) is 0 Å². The molecule has 0 unspecified atom stereocenters. The smallest absolute Gasteiger partial charge is 0.303 e. The van der Waals surface area contributed by atoms with Crippen LogP contribution in [0.5, 0.6) is 0 Å². The molecule has 0 heterocycles.